The fraction of sp³-hybridized carbons (Fsp3) is 0.267. The lowest BCUT2D eigenvalue weighted by molar-refractivity contribution is 0.480. The van der Waals surface area contributed by atoms with E-state index in [1.165, 1.54) is 0 Å². The van der Waals surface area contributed by atoms with E-state index in [1.54, 1.807) is 6.07 Å². The molecule has 0 fully saturated rings. The zero-order valence-corrected chi connectivity index (χ0v) is 9.69. The van der Waals surface area contributed by atoms with E-state index >= 15 is 0 Å². The second kappa shape index (κ2) is 5.36. The van der Waals surface area contributed by atoms with Crippen molar-refractivity contribution in [3.8, 4) is 18.1 Å². The van der Waals surface area contributed by atoms with Gasteiger partial charge in [-0.25, -0.2) is 4.98 Å². The minimum absolute atomic E-state index is 0.243. The normalized spacial score (nSPS) is 10.3. The Morgan fingerprint density at radius 2 is 2.06 bits per heavy atom. The Bertz CT molecular complexity index is 554. The van der Waals surface area contributed by atoms with Crippen LogP contribution in [0, 0.1) is 12.3 Å². The number of phenols is 1. The first-order valence-electron chi connectivity index (χ1n) is 5.82. The molecule has 1 heterocycles. The first-order valence-corrected chi connectivity index (χ1v) is 5.82. The molecule has 0 saturated heterocycles. The van der Waals surface area contributed by atoms with Gasteiger partial charge in [0.1, 0.15) is 11.3 Å². The Balaban J connectivity index is 2.14. The molecule has 1 aromatic carbocycles. The monoisotopic (exact) mass is 225 g/mol. The molecule has 17 heavy (non-hydrogen) atoms. The van der Waals surface area contributed by atoms with Crippen LogP contribution in [-0.2, 0) is 6.42 Å². The van der Waals surface area contributed by atoms with Crippen LogP contribution in [0.4, 0.5) is 0 Å². The Morgan fingerprint density at radius 3 is 2.88 bits per heavy atom. The van der Waals surface area contributed by atoms with Crippen molar-refractivity contribution in [3.63, 3.8) is 0 Å². The number of aromatic hydroxyl groups is 1. The van der Waals surface area contributed by atoms with Gasteiger partial charge >= 0.3 is 0 Å². The highest BCUT2D eigenvalue weighted by Gasteiger charge is 2.02. The number of para-hydroxylation sites is 1. The van der Waals surface area contributed by atoms with Crippen LogP contribution >= 0.6 is 0 Å². The molecule has 2 nitrogen and oxygen atoms in total. The maximum Gasteiger partial charge on any atom is 0.141 e. The molecule has 0 spiro atoms. The molecule has 0 saturated carbocycles. The summed E-state index contributed by atoms with van der Waals surface area (Å²) >= 11 is 0. The van der Waals surface area contributed by atoms with Gasteiger partial charge in [0.25, 0.3) is 0 Å². The van der Waals surface area contributed by atoms with Crippen molar-refractivity contribution < 1.29 is 5.11 Å². The van der Waals surface area contributed by atoms with Gasteiger partial charge in [0.05, 0.1) is 0 Å². The third-order valence-corrected chi connectivity index (χ3v) is 2.76. The molecule has 0 aliphatic rings. The molecule has 0 atom stereocenters. The SMILES string of the molecule is C#CCCCCc1ccc2cccc(O)c2n1. The zero-order valence-electron chi connectivity index (χ0n) is 9.69. The van der Waals surface area contributed by atoms with E-state index in [0.29, 0.717) is 5.52 Å². The predicted molar refractivity (Wildman–Crippen MR) is 69.8 cm³/mol. The fourth-order valence-corrected chi connectivity index (χ4v) is 1.84. The van der Waals surface area contributed by atoms with Gasteiger partial charge in [-0.05, 0) is 31.4 Å². The molecule has 0 amide bonds. The van der Waals surface area contributed by atoms with E-state index in [4.69, 9.17) is 6.42 Å². The number of unbranched alkanes of at least 4 members (excludes halogenated alkanes) is 2. The van der Waals surface area contributed by atoms with Crippen LogP contribution in [0.1, 0.15) is 25.0 Å². The van der Waals surface area contributed by atoms with Gasteiger partial charge in [-0.15, -0.1) is 12.3 Å². The van der Waals surface area contributed by atoms with E-state index in [9.17, 15) is 5.11 Å². The van der Waals surface area contributed by atoms with E-state index in [0.717, 1.165) is 36.8 Å². The number of benzene rings is 1. The van der Waals surface area contributed by atoms with Gasteiger partial charge in [-0.3, -0.25) is 0 Å². The number of aromatic nitrogens is 1. The van der Waals surface area contributed by atoms with Crippen molar-refractivity contribution >= 4 is 10.9 Å². The number of nitrogens with zero attached hydrogens (tertiary/aromatic N) is 1. The van der Waals surface area contributed by atoms with Crippen molar-refractivity contribution in [1.82, 2.24) is 4.98 Å². The minimum atomic E-state index is 0.243. The highest BCUT2D eigenvalue weighted by molar-refractivity contribution is 5.84. The molecule has 1 N–H and O–H groups in total. The quantitative estimate of drug-likeness (QED) is 0.639. The largest absolute Gasteiger partial charge is 0.506 e. The first kappa shape index (κ1) is 11.5. The maximum absolute atomic E-state index is 9.72. The van der Waals surface area contributed by atoms with Crippen LogP contribution in [0.3, 0.4) is 0 Å². The molecule has 0 radical (unpaired) electrons. The Morgan fingerprint density at radius 1 is 1.18 bits per heavy atom. The number of rotatable bonds is 4. The van der Waals surface area contributed by atoms with Crippen LogP contribution in [0.15, 0.2) is 30.3 Å². The van der Waals surface area contributed by atoms with Crippen LogP contribution in [0.2, 0.25) is 0 Å². The van der Waals surface area contributed by atoms with Crippen molar-refractivity contribution in [2.45, 2.75) is 25.7 Å². The smallest absolute Gasteiger partial charge is 0.141 e. The van der Waals surface area contributed by atoms with Gasteiger partial charge in [-0.2, -0.15) is 0 Å². The molecule has 0 aliphatic carbocycles. The molecule has 86 valence electrons. The number of hydrogen-bond donors (Lipinski definition) is 1. The Labute approximate surface area is 101 Å². The van der Waals surface area contributed by atoms with Crippen molar-refractivity contribution in [2.75, 3.05) is 0 Å². The van der Waals surface area contributed by atoms with E-state index < -0.39 is 0 Å². The summed E-state index contributed by atoms with van der Waals surface area (Å²) in [4.78, 5) is 4.47. The average Bonchev–Trinajstić information content (AvgIpc) is 2.36. The lowest BCUT2D eigenvalue weighted by Gasteiger charge is -2.03. The first-order chi connectivity index (χ1) is 8.31. The van der Waals surface area contributed by atoms with Gasteiger partial charge in [0.15, 0.2) is 0 Å². The number of fused-ring (bicyclic) bond motifs is 1. The molecular formula is C15H15NO. The summed E-state index contributed by atoms with van der Waals surface area (Å²) in [7, 11) is 0. The van der Waals surface area contributed by atoms with Crippen LogP contribution in [-0.4, -0.2) is 10.1 Å². The number of hydrogen-bond acceptors (Lipinski definition) is 2. The lowest BCUT2D eigenvalue weighted by Crippen LogP contribution is -1.91. The molecule has 2 rings (SSSR count). The van der Waals surface area contributed by atoms with E-state index in [1.807, 2.05) is 24.3 Å². The number of aryl methyl sites for hydroxylation is 1. The topological polar surface area (TPSA) is 33.1 Å². The van der Waals surface area contributed by atoms with Gasteiger partial charge < -0.3 is 5.11 Å². The molecule has 2 aromatic rings. The molecule has 2 heteroatoms. The van der Waals surface area contributed by atoms with Crippen molar-refractivity contribution in [2.24, 2.45) is 0 Å². The summed E-state index contributed by atoms with van der Waals surface area (Å²) < 4.78 is 0. The van der Waals surface area contributed by atoms with E-state index in [-0.39, 0.29) is 5.75 Å². The van der Waals surface area contributed by atoms with Gasteiger partial charge in [0, 0.05) is 17.5 Å². The average molecular weight is 225 g/mol. The standard InChI is InChI=1S/C15H15NO/c1-2-3-4-5-8-13-11-10-12-7-6-9-14(17)15(12)16-13/h1,6-7,9-11,17H,3-5,8H2. The molecule has 0 aliphatic heterocycles. The predicted octanol–water partition coefficient (Wildman–Crippen LogP) is 3.29. The molecule has 1 aromatic heterocycles. The lowest BCUT2D eigenvalue weighted by atomic mass is 10.1. The summed E-state index contributed by atoms with van der Waals surface area (Å²) in [5.74, 6) is 2.88. The second-order valence-electron chi connectivity index (χ2n) is 4.06. The van der Waals surface area contributed by atoms with E-state index in [2.05, 4.69) is 10.9 Å². The third kappa shape index (κ3) is 2.76. The van der Waals surface area contributed by atoms with Crippen LogP contribution < -0.4 is 0 Å². The zero-order chi connectivity index (χ0) is 12.1. The Kier molecular flexibility index (Phi) is 3.62. The number of phenolic OH excluding ortho intramolecular Hbond substituents is 1. The van der Waals surface area contributed by atoms with Crippen LogP contribution in [0.25, 0.3) is 10.9 Å². The number of pyridine rings is 1. The third-order valence-electron chi connectivity index (χ3n) is 2.76. The summed E-state index contributed by atoms with van der Waals surface area (Å²) in [6, 6.07) is 9.45. The van der Waals surface area contributed by atoms with Gasteiger partial charge in [0.2, 0.25) is 0 Å². The highest BCUT2D eigenvalue weighted by atomic mass is 16.3. The van der Waals surface area contributed by atoms with Gasteiger partial charge in [-0.1, -0.05) is 18.2 Å². The molecular weight excluding hydrogens is 210 g/mol. The minimum Gasteiger partial charge on any atom is -0.506 e. The fourth-order valence-electron chi connectivity index (χ4n) is 1.84. The Hall–Kier alpha value is -2.01. The highest BCUT2D eigenvalue weighted by Crippen LogP contribution is 2.22. The molecule has 0 bridgehead atoms. The maximum atomic E-state index is 9.72. The van der Waals surface area contributed by atoms with Crippen molar-refractivity contribution in [3.05, 3.63) is 36.0 Å². The van der Waals surface area contributed by atoms with Crippen molar-refractivity contribution in [1.29, 1.82) is 0 Å². The summed E-state index contributed by atoms with van der Waals surface area (Å²) in [6.45, 7) is 0. The molecule has 0 unspecified atom stereocenters. The van der Waals surface area contributed by atoms with Crippen LogP contribution in [0.5, 0.6) is 5.75 Å². The number of terminal acetylenes is 1. The summed E-state index contributed by atoms with van der Waals surface area (Å²) in [5.41, 5.74) is 1.69. The second-order valence-corrected chi connectivity index (χ2v) is 4.06. The summed E-state index contributed by atoms with van der Waals surface area (Å²) in [5, 5.41) is 10.7. The summed E-state index contributed by atoms with van der Waals surface area (Å²) in [6.07, 6.45) is 8.99.